The molecule has 1 aliphatic rings. The number of benzene rings is 1. The highest BCUT2D eigenvalue weighted by atomic mass is 16.2. The van der Waals surface area contributed by atoms with Crippen LogP contribution >= 0.6 is 0 Å². The fourth-order valence-corrected chi connectivity index (χ4v) is 2.18. The number of hydrogen-bond donors (Lipinski definition) is 1. The number of anilines is 2. The Labute approximate surface area is 101 Å². The Kier molecular flexibility index (Phi) is 3.13. The van der Waals surface area contributed by atoms with Gasteiger partial charge in [-0.1, -0.05) is 6.07 Å². The van der Waals surface area contributed by atoms with E-state index in [1.165, 1.54) is 12.5 Å². The summed E-state index contributed by atoms with van der Waals surface area (Å²) in [5.74, 6) is -0.0546. The van der Waals surface area contributed by atoms with Crippen LogP contribution in [0.2, 0.25) is 0 Å². The topological polar surface area (TPSA) is 49.4 Å². The highest BCUT2D eigenvalue weighted by Crippen LogP contribution is 2.30. The van der Waals surface area contributed by atoms with Gasteiger partial charge in [-0.2, -0.15) is 0 Å². The minimum Gasteiger partial charge on any atom is -0.326 e. The molecule has 2 rings (SSSR count). The predicted octanol–water partition coefficient (Wildman–Crippen LogP) is 1.94. The zero-order valence-electron chi connectivity index (χ0n) is 10.1. The van der Waals surface area contributed by atoms with Gasteiger partial charge in [-0.25, -0.2) is 0 Å². The molecule has 0 aliphatic carbocycles. The molecule has 1 N–H and O–H groups in total. The lowest BCUT2D eigenvalue weighted by Gasteiger charge is -2.29. The number of aryl methyl sites for hydroxylation is 1. The second-order valence-corrected chi connectivity index (χ2v) is 4.30. The fraction of sp³-hybridized carbons (Fsp3) is 0.385. The molecule has 0 aromatic heterocycles. The van der Waals surface area contributed by atoms with Crippen LogP contribution in [0.15, 0.2) is 18.2 Å². The van der Waals surface area contributed by atoms with Crippen molar-refractivity contribution in [2.45, 2.75) is 26.7 Å². The lowest BCUT2D eigenvalue weighted by Crippen LogP contribution is -2.33. The molecular weight excluding hydrogens is 216 g/mol. The number of rotatable bonds is 1. The lowest BCUT2D eigenvalue weighted by molar-refractivity contribution is -0.116. The molecule has 2 amide bonds. The van der Waals surface area contributed by atoms with Gasteiger partial charge in [-0.3, -0.25) is 9.59 Å². The molecule has 90 valence electrons. The van der Waals surface area contributed by atoms with Crippen LogP contribution < -0.4 is 10.2 Å². The summed E-state index contributed by atoms with van der Waals surface area (Å²) in [5.41, 5.74) is 2.83. The maximum Gasteiger partial charge on any atom is 0.223 e. The second kappa shape index (κ2) is 4.57. The van der Waals surface area contributed by atoms with Gasteiger partial charge in [0.1, 0.15) is 0 Å². The summed E-state index contributed by atoms with van der Waals surface area (Å²) in [6.07, 6.45) is 1.98. The van der Waals surface area contributed by atoms with Gasteiger partial charge in [0.05, 0.1) is 0 Å². The Balaban J connectivity index is 2.36. The van der Waals surface area contributed by atoms with Crippen LogP contribution in [-0.4, -0.2) is 18.4 Å². The number of nitrogens with one attached hydrogen (secondary N) is 1. The van der Waals surface area contributed by atoms with Crippen LogP contribution in [0.4, 0.5) is 11.4 Å². The monoisotopic (exact) mass is 232 g/mol. The van der Waals surface area contributed by atoms with Gasteiger partial charge in [0.25, 0.3) is 0 Å². The van der Waals surface area contributed by atoms with Gasteiger partial charge in [0.15, 0.2) is 0 Å². The standard InChI is InChI=1S/C13H16N2O2/c1-9(16)14-12-6-5-11-4-3-7-15(10(2)17)13(11)8-12/h5-6,8H,3-4,7H2,1-2H3,(H,14,16). The third-order valence-corrected chi connectivity index (χ3v) is 2.90. The summed E-state index contributed by atoms with van der Waals surface area (Å²) in [7, 11) is 0. The molecule has 0 radical (unpaired) electrons. The Hall–Kier alpha value is -1.84. The Bertz CT molecular complexity index is 468. The summed E-state index contributed by atoms with van der Waals surface area (Å²) in [6, 6.07) is 5.73. The quantitative estimate of drug-likeness (QED) is 0.804. The largest absolute Gasteiger partial charge is 0.326 e. The Morgan fingerprint density at radius 2 is 2.06 bits per heavy atom. The lowest BCUT2D eigenvalue weighted by atomic mass is 10.0. The van der Waals surface area contributed by atoms with Gasteiger partial charge in [0.2, 0.25) is 11.8 Å². The SMILES string of the molecule is CC(=O)Nc1ccc2c(c1)N(C(C)=O)CCC2. The maximum atomic E-state index is 11.5. The van der Waals surface area contributed by atoms with E-state index in [0.29, 0.717) is 0 Å². The summed E-state index contributed by atoms with van der Waals surface area (Å²) in [6.45, 7) is 3.80. The first-order valence-corrected chi connectivity index (χ1v) is 5.76. The summed E-state index contributed by atoms with van der Waals surface area (Å²) < 4.78 is 0. The molecule has 0 spiro atoms. The van der Waals surface area contributed by atoms with Gasteiger partial charge in [0, 0.05) is 31.8 Å². The highest BCUT2D eigenvalue weighted by Gasteiger charge is 2.20. The van der Waals surface area contributed by atoms with Crippen LogP contribution in [-0.2, 0) is 16.0 Å². The first kappa shape index (κ1) is 11.6. The van der Waals surface area contributed by atoms with Crippen molar-refractivity contribution in [1.82, 2.24) is 0 Å². The minimum absolute atomic E-state index is 0.0472. The van der Waals surface area contributed by atoms with E-state index in [1.807, 2.05) is 18.2 Å². The van der Waals surface area contributed by atoms with Gasteiger partial charge in [-0.15, -0.1) is 0 Å². The van der Waals surface area contributed by atoms with E-state index in [1.54, 1.807) is 11.8 Å². The van der Waals surface area contributed by atoms with E-state index in [4.69, 9.17) is 0 Å². The highest BCUT2D eigenvalue weighted by molar-refractivity contribution is 5.95. The maximum absolute atomic E-state index is 11.5. The molecule has 1 aromatic rings. The zero-order chi connectivity index (χ0) is 12.4. The molecule has 4 nitrogen and oxygen atoms in total. The van der Waals surface area contributed by atoms with Crippen molar-refractivity contribution in [1.29, 1.82) is 0 Å². The van der Waals surface area contributed by atoms with Crippen molar-refractivity contribution in [3.05, 3.63) is 23.8 Å². The van der Waals surface area contributed by atoms with E-state index in [9.17, 15) is 9.59 Å². The van der Waals surface area contributed by atoms with Crippen LogP contribution in [0.3, 0.4) is 0 Å². The van der Waals surface area contributed by atoms with Crippen LogP contribution in [0.1, 0.15) is 25.8 Å². The van der Waals surface area contributed by atoms with E-state index >= 15 is 0 Å². The number of nitrogens with zero attached hydrogens (tertiary/aromatic N) is 1. The number of fused-ring (bicyclic) bond motifs is 1. The van der Waals surface area contributed by atoms with Crippen molar-refractivity contribution in [2.24, 2.45) is 0 Å². The van der Waals surface area contributed by atoms with Crippen LogP contribution in [0.5, 0.6) is 0 Å². The van der Waals surface area contributed by atoms with E-state index in [-0.39, 0.29) is 11.8 Å². The number of carbonyl (C=O) groups excluding carboxylic acids is 2. The molecule has 0 bridgehead atoms. The van der Waals surface area contributed by atoms with Crippen LogP contribution in [0, 0.1) is 0 Å². The number of amides is 2. The fourth-order valence-electron chi connectivity index (χ4n) is 2.18. The van der Waals surface area contributed by atoms with Gasteiger partial charge < -0.3 is 10.2 Å². The van der Waals surface area contributed by atoms with Crippen LogP contribution in [0.25, 0.3) is 0 Å². The molecular formula is C13H16N2O2. The molecule has 1 aromatic carbocycles. The molecule has 1 aliphatic heterocycles. The summed E-state index contributed by atoms with van der Waals surface area (Å²) >= 11 is 0. The number of carbonyl (C=O) groups is 2. The molecule has 0 fully saturated rings. The zero-order valence-corrected chi connectivity index (χ0v) is 10.1. The normalized spacial score (nSPS) is 14.1. The van der Waals surface area contributed by atoms with Gasteiger partial charge >= 0.3 is 0 Å². The molecule has 1 heterocycles. The molecule has 0 saturated heterocycles. The predicted molar refractivity (Wildman–Crippen MR) is 67.1 cm³/mol. The summed E-state index contributed by atoms with van der Waals surface area (Å²) in [5, 5.41) is 2.74. The Morgan fingerprint density at radius 1 is 1.29 bits per heavy atom. The van der Waals surface area contributed by atoms with E-state index in [0.717, 1.165) is 30.8 Å². The third kappa shape index (κ3) is 2.46. The molecule has 0 saturated carbocycles. The van der Waals surface area contributed by atoms with Gasteiger partial charge in [-0.05, 0) is 30.5 Å². The molecule has 4 heteroatoms. The second-order valence-electron chi connectivity index (χ2n) is 4.30. The van der Waals surface area contributed by atoms with E-state index in [2.05, 4.69) is 5.32 Å². The first-order valence-electron chi connectivity index (χ1n) is 5.76. The molecule has 17 heavy (non-hydrogen) atoms. The van der Waals surface area contributed by atoms with Crippen molar-refractivity contribution >= 4 is 23.2 Å². The minimum atomic E-state index is -0.102. The summed E-state index contributed by atoms with van der Waals surface area (Å²) in [4.78, 5) is 24.3. The van der Waals surface area contributed by atoms with Crippen molar-refractivity contribution < 1.29 is 9.59 Å². The van der Waals surface area contributed by atoms with Crippen molar-refractivity contribution in [3.63, 3.8) is 0 Å². The molecule has 0 atom stereocenters. The molecule has 0 unspecified atom stereocenters. The van der Waals surface area contributed by atoms with E-state index < -0.39 is 0 Å². The van der Waals surface area contributed by atoms with Crippen molar-refractivity contribution in [3.8, 4) is 0 Å². The van der Waals surface area contributed by atoms with Crippen molar-refractivity contribution in [2.75, 3.05) is 16.8 Å². The third-order valence-electron chi connectivity index (χ3n) is 2.90. The Morgan fingerprint density at radius 3 is 2.71 bits per heavy atom. The number of hydrogen-bond acceptors (Lipinski definition) is 2. The average Bonchev–Trinajstić information content (AvgIpc) is 2.27. The average molecular weight is 232 g/mol. The smallest absolute Gasteiger partial charge is 0.223 e. The first-order chi connectivity index (χ1) is 8.08.